The van der Waals surface area contributed by atoms with Crippen molar-refractivity contribution in [1.82, 2.24) is 5.32 Å². The lowest BCUT2D eigenvalue weighted by Gasteiger charge is -2.31. The first-order valence-corrected chi connectivity index (χ1v) is 8.32. The molecule has 1 unspecified atom stereocenters. The first-order valence-electron chi connectivity index (χ1n) is 5.24. The lowest BCUT2D eigenvalue weighted by molar-refractivity contribution is 0.451. The maximum Gasteiger partial charge on any atom is 0.154 e. The smallest absolute Gasteiger partial charge is 0.154 e. The van der Waals surface area contributed by atoms with Crippen molar-refractivity contribution >= 4 is 32.8 Å². The third-order valence-corrected chi connectivity index (χ3v) is 6.87. The molecule has 98 valence electrons. The minimum absolute atomic E-state index is 0.256. The second-order valence-corrected chi connectivity index (χ2v) is 8.99. The van der Waals surface area contributed by atoms with Crippen LogP contribution >= 0.6 is 22.9 Å². The summed E-state index contributed by atoms with van der Waals surface area (Å²) in [7, 11) is -1.40. The van der Waals surface area contributed by atoms with E-state index in [-0.39, 0.29) is 6.04 Å². The first-order chi connectivity index (χ1) is 7.61. The fraction of sp³-hybridized carbons (Fsp3) is 0.636. The Hall–Kier alpha value is -0.100. The van der Waals surface area contributed by atoms with E-state index < -0.39 is 14.6 Å². The summed E-state index contributed by atoms with van der Waals surface area (Å²) in [6.07, 6.45) is 1.26. The molecule has 0 aliphatic heterocycles. The predicted molar refractivity (Wildman–Crippen MR) is 74.8 cm³/mol. The summed E-state index contributed by atoms with van der Waals surface area (Å²) in [6.45, 7) is 5.38. The van der Waals surface area contributed by atoms with E-state index in [4.69, 9.17) is 11.6 Å². The third kappa shape index (κ3) is 2.84. The summed E-state index contributed by atoms with van der Waals surface area (Å²) in [6, 6.07) is 1.69. The fourth-order valence-corrected chi connectivity index (χ4v) is 3.93. The summed E-state index contributed by atoms with van der Waals surface area (Å²) >= 11 is 7.46. The van der Waals surface area contributed by atoms with Gasteiger partial charge in [0.25, 0.3) is 0 Å². The van der Waals surface area contributed by atoms with Gasteiger partial charge >= 0.3 is 0 Å². The molecule has 0 amide bonds. The largest absolute Gasteiger partial charge is 0.311 e. The van der Waals surface area contributed by atoms with E-state index in [0.717, 1.165) is 10.4 Å². The lowest BCUT2D eigenvalue weighted by atomic mass is 10.0. The Kier molecular flexibility index (Phi) is 4.29. The standard InChI is InChI=1S/C11H18ClNO2S2/c1-7-6-8(16-10(7)12)9(13-4)11(2,3)17(5,14)15/h6,9,13H,1-5H3. The number of nitrogens with one attached hydrogen (secondary N) is 1. The van der Waals surface area contributed by atoms with Gasteiger partial charge in [-0.25, -0.2) is 8.42 Å². The molecule has 1 aromatic heterocycles. The van der Waals surface area contributed by atoms with Gasteiger partial charge in [0.2, 0.25) is 0 Å². The van der Waals surface area contributed by atoms with E-state index in [2.05, 4.69) is 5.32 Å². The van der Waals surface area contributed by atoms with Crippen LogP contribution in [-0.4, -0.2) is 26.5 Å². The first kappa shape index (κ1) is 15.0. The molecule has 0 saturated carbocycles. The summed E-state index contributed by atoms with van der Waals surface area (Å²) < 4.78 is 23.5. The molecule has 0 aliphatic rings. The van der Waals surface area contributed by atoms with Gasteiger partial charge in [-0.2, -0.15) is 0 Å². The van der Waals surface area contributed by atoms with Crippen molar-refractivity contribution in [1.29, 1.82) is 0 Å². The number of halogens is 1. The van der Waals surface area contributed by atoms with Crippen LogP contribution in [0.15, 0.2) is 6.07 Å². The van der Waals surface area contributed by atoms with Crippen molar-refractivity contribution in [3.8, 4) is 0 Å². The maximum absolute atomic E-state index is 11.9. The van der Waals surface area contributed by atoms with E-state index in [1.54, 1.807) is 20.9 Å². The van der Waals surface area contributed by atoms with E-state index in [1.165, 1.54) is 17.6 Å². The van der Waals surface area contributed by atoms with Crippen LogP contribution in [0.1, 0.15) is 30.3 Å². The van der Waals surface area contributed by atoms with Crippen LogP contribution in [0.25, 0.3) is 0 Å². The molecule has 17 heavy (non-hydrogen) atoms. The Balaban J connectivity index is 3.25. The van der Waals surface area contributed by atoms with Crippen molar-refractivity contribution in [3.05, 3.63) is 20.8 Å². The van der Waals surface area contributed by atoms with Crippen LogP contribution in [-0.2, 0) is 9.84 Å². The number of thiophene rings is 1. The zero-order chi connectivity index (χ0) is 13.4. The van der Waals surface area contributed by atoms with Crippen molar-refractivity contribution in [3.63, 3.8) is 0 Å². The van der Waals surface area contributed by atoms with Crippen LogP contribution < -0.4 is 5.32 Å². The zero-order valence-corrected chi connectivity index (χ0v) is 13.1. The van der Waals surface area contributed by atoms with Gasteiger partial charge < -0.3 is 5.32 Å². The number of hydrogen-bond acceptors (Lipinski definition) is 4. The highest BCUT2D eigenvalue weighted by Crippen LogP contribution is 2.38. The number of sulfone groups is 1. The van der Waals surface area contributed by atoms with E-state index >= 15 is 0 Å². The van der Waals surface area contributed by atoms with Crippen molar-refractivity contribution in [2.24, 2.45) is 0 Å². The molecule has 0 aromatic carbocycles. The topological polar surface area (TPSA) is 46.2 Å². The van der Waals surface area contributed by atoms with Crippen molar-refractivity contribution in [2.75, 3.05) is 13.3 Å². The maximum atomic E-state index is 11.9. The zero-order valence-electron chi connectivity index (χ0n) is 10.7. The van der Waals surface area contributed by atoms with Gasteiger partial charge in [0.1, 0.15) is 0 Å². The molecule has 0 fully saturated rings. The van der Waals surface area contributed by atoms with Gasteiger partial charge in [-0.3, -0.25) is 0 Å². The van der Waals surface area contributed by atoms with Crippen LogP contribution in [0, 0.1) is 6.92 Å². The van der Waals surface area contributed by atoms with Crippen molar-refractivity contribution in [2.45, 2.75) is 31.6 Å². The average molecular weight is 296 g/mol. The van der Waals surface area contributed by atoms with Gasteiger partial charge in [-0.15, -0.1) is 11.3 Å². The molecule has 1 atom stereocenters. The highest BCUT2D eigenvalue weighted by molar-refractivity contribution is 7.92. The molecule has 1 rings (SSSR count). The molecule has 0 radical (unpaired) electrons. The monoisotopic (exact) mass is 295 g/mol. The van der Waals surface area contributed by atoms with Crippen molar-refractivity contribution < 1.29 is 8.42 Å². The van der Waals surface area contributed by atoms with Gasteiger partial charge in [0.05, 0.1) is 15.1 Å². The lowest BCUT2D eigenvalue weighted by Crippen LogP contribution is -2.43. The summed E-state index contributed by atoms with van der Waals surface area (Å²) in [4.78, 5) is 0.949. The van der Waals surface area contributed by atoms with Gasteiger partial charge in [-0.1, -0.05) is 11.6 Å². The van der Waals surface area contributed by atoms with Crippen LogP contribution in [0.2, 0.25) is 4.34 Å². The van der Waals surface area contributed by atoms with Gasteiger partial charge in [-0.05, 0) is 39.4 Å². The number of rotatable bonds is 4. The molecule has 1 N–H and O–H groups in total. The van der Waals surface area contributed by atoms with Crippen LogP contribution in [0.5, 0.6) is 0 Å². The molecule has 1 aromatic rings. The number of hydrogen-bond donors (Lipinski definition) is 1. The normalized spacial score (nSPS) is 14.9. The molecule has 0 aliphatic carbocycles. The predicted octanol–water partition coefficient (Wildman–Crippen LogP) is 2.79. The molecule has 3 nitrogen and oxygen atoms in total. The summed E-state index contributed by atoms with van der Waals surface area (Å²) in [5.74, 6) is 0. The fourth-order valence-electron chi connectivity index (χ4n) is 1.67. The van der Waals surface area contributed by atoms with Gasteiger partial charge in [0.15, 0.2) is 9.84 Å². The molecule has 6 heteroatoms. The Labute approximate surface area is 112 Å². The van der Waals surface area contributed by atoms with E-state index in [1.807, 2.05) is 13.0 Å². The minimum Gasteiger partial charge on any atom is -0.311 e. The summed E-state index contributed by atoms with van der Waals surface area (Å²) in [5.41, 5.74) is 0.983. The molecular formula is C11H18ClNO2S2. The Morgan fingerprint density at radius 2 is 2.00 bits per heavy atom. The third-order valence-electron chi connectivity index (χ3n) is 3.10. The Morgan fingerprint density at radius 1 is 1.47 bits per heavy atom. The second kappa shape index (κ2) is 4.88. The molecule has 0 saturated heterocycles. The highest BCUT2D eigenvalue weighted by atomic mass is 35.5. The molecular weight excluding hydrogens is 278 g/mol. The quantitative estimate of drug-likeness (QED) is 0.929. The Bertz CT molecular complexity index is 486. The molecule has 0 bridgehead atoms. The van der Waals surface area contributed by atoms with Crippen LogP contribution in [0.3, 0.4) is 0 Å². The Morgan fingerprint density at radius 3 is 2.29 bits per heavy atom. The summed E-state index contributed by atoms with van der Waals surface area (Å²) in [5, 5.41) is 3.08. The van der Waals surface area contributed by atoms with Crippen LogP contribution in [0.4, 0.5) is 0 Å². The number of aryl methyl sites for hydroxylation is 1. The SMILES string of the molecule is CNC(c1cc(C)c(Cl)s1)C(C)(C)S(C)(=O)=O. The minimum atomic E-state index is -3.16. The highest BCUT2D eigenvalue weighted by Gasteiger charge is 2.40. The van der Waals surface area contributed by atoms with E-state index in [9.17, 15) is 8.42 Å². The van der Waals surface area contributed by atoms with Gasteiger partial charge in [0, 0.05) is 11.1 Å². The molecule has 0 spiro atoms. The molecule has 1 heterocycles. The second-order valence-electron chi connectivity index (χ2n) is 4.70. The average Bonchev–Trinajstić information content (AvgIpc) is 2.45. The van der Waals surface area contributed by atoms with E-state index in [0.29, 0.717) is 4.34 Å².